The molecule has 0 bridgehead atoms. The Bertz CT molecular complexity index is 1070. The molecule has 0 aromatic carbocycles. The van der Waals surface area contributed by atoms with Crippen LogP contribution in [0, 0.1) is 11.8 Å². The van der Waals surface area contributed by atoms with Gasteiger partial charge in [-0.25, -0.2) is 0 Å². The summed E-state index contributed by atoms with van der Waals surface area (Å²) in [5.74, 6) is 0.691. The van der Waals surface area contributed by atoms with E-state index >= 15 is 0 Å². The predicted octanol–water partition coefficient (Wildman–Crippen LogP) is 15.3. The van der Waals surface area contributed by atoms with Gasteiger partial charge in [0.05, 0.1) is 0 Å². The zero-order chi connectivity index (χ0) is 40.8. The smallest absolute Gasteiger partial charge is 0.0158 e. The maximum atomic E-state index is 4.14. The molecule has 0 spiro atoms. The van der Waals surface area contributed by atoms with Crippen molar-refractivity contribution in [2.24, 2.45) is 11.8 Å². The lowest BCUT2D eigenvalue weighted by Gasteiger charge is -2.45. The van der Waals surface area contributed by atoms with Crippen molar-refractivity contribution < 1.29 is 0 Å². The zero-order valence-electron chi connectivity index (χ0n) is 39.1. The van der Waals surface area contributed by atoms with Crippen molar-refractivity contribution in [3.8, 4) is 0 Å². The van der Waals surface area contributed by atoms with Crippen LogP contribution in [0.5, 0.6) is 0 Å². The summed E-state index contributed by atoms with van der Waals surface area (Å²) < 4.78 is 0. The summed E-state index contributed by atoms with van der Waals surface area (Å²) in [6, 6.07) is 0. The zero-order valence-corrected chi connectivity index (χ0v) is 42.7. The second-order valence-electron chi connectivity index (χ2n) is 23.9. The summed E-state index contributed by atoms with van der Waals surface area (Å²) >= 11 is 0. The van der Waals surface area contributed by atoms with Crippen molar-refractivity contribution >= 4 is 31.7 Å². The SMILES string of the molecule is CC(C)(C)P(CC1=CC(C2C=C(CP(C(C)(C)C)C(C)(C)C)NC(CP(C(C)(C)C)C(C)(C)C)=C2)C=C(CP(C(C)(C)C)C(C)(C)C)N1)C(C)(C)C. The fraction of sp³-hybridized carbons (Fsp3) is 0.826. The minimum Gasteiger partial charge on any atom is -0.362 e. The molecule has 2 aliphatic heterocycles. The predicted molar refractivity (Wildman–Crippen MR) is 251 cm³/mol. The number of rotatable bonds is 9. The van der Waals surface area contributed by atoms with Crippen LogP contribution >= 0.6 is 31.7 Å². The molecule has 6 heteroatoms. The number of hydrogen-bond donors (Lipinski definition) is 2. The molecule has 52 heavy (non-hydrogen) atoms. The third-order valence-corrected chi connectivity index (χ3v) is 26.0. The molecular weight excluding hydrogens is 704 g/mol. The third-order valence-electron chi connectivity index (χ3n) is 10.5. The first kappa shape index (κ1) is 48.4. The van der Waals surface area contributed by atoms with Gasteiger partial charge in [-0.1, -0.05) is 222 Å². The molecule has 0 saturated heterocycles. The summed E-state index contributed by atoms with van der Waals surface area (Å²) in [4.78, 5) is 0. The summed E-state index contributed by atoms with van der Waals surface area (Å²) in [5, 5.41) is 10.5. The first-order valence-electron chi connectivity index (χ1n) is 20.3. The van der Waals surface area contributed by atoms with Crippen LogP contribution in [-0.4, -0.2) is 65.9 Å². The van der Waals surface area contributed by atoms with Crippen LogP contribution in [0.4, 0.5) is 0 Å². The maximum Gasteiger partial charge on any atom is 0.0158 e. The Morgan fingerprint density at radius 1 is 0.308 bits per heavy atom. The largest absolute Gasteiger partial charge is 0.362 e. The van der Waals surface area contributed by atoms with Crippen LogP contribution in [0.15, 0.2) is 47.1 Å². The highest BCUT2D eigenvalue weighted by molar-refractivity contribution is 7.62. The number of hydrogen-bond acceptors (Lipinski definition) is 2. The molecule has 0 saturated carbocycles. The van der Waals surface area contributed by atoms with Crippen LogP contribution in [0.1, 0.15) is 166 Å². The van der Waals surface area contributed by atoms with Gasteiger partial charge < -0.3 is 10.6 Å². The van der Waals surface area contributed by atoms with Crippen molar-refractivity contribution in [3.05, 3.63) is 47.1 Å². The average Bonchev–Trinajstić information content (AvgIpc) is 2.87. The summed E-state index contributed by atoms with van der Waals surface area (Å²) in [6.07, 6.45) is 15.3. The normalized spacial score (nSPS) is 18.5. The minimum atomic E-state index is -0.271. The molecule has 0 atom stereocenters. The lowest BCUT2D eigenvalue weighted by atomic mass is 9.86. The van der Waals surface area contributed by atoms with E-state index in [-0.39, 0.29) is 72.9 Å². The van der Waals surface area contributed by atoms with Crippen LogP contribution in [-0.2, 0) is 0 Å². The summed E-state index contributed by atoms with van der Waals surface area (Å²) in [6.45, 7) is 59.4. The molecule has 0 aromatic heterocycles. The molecule has 2 N–H and O–H groups in total. The van der Waals surface area contributed by atoms with Crippen molar-refractivity contribution in [3.63, 3.8) is 0 Å². The highest BCUT2D eigenvalue weighted by Gasteiger charge is 2.40. The molecule has 2 aliphatic rings. The monoisotopic (exact) mass is 793 g/mol. The van der Waals surface area contributed by atoms with Gasteiger partial charge in [-0.2, -0.15) is 0 Å². The van der Waals surface area contributed by atoms with Crippen molar-refractivity contribution in [2.75, 3.05) is 24.6 Å². The Morgan fingerprint density at radius 3 is 0.558 bits per heavy atom. The van der Waals surface area contributed by atoms with Crippen molar-refractivity contribution in [2.45, 2.75) is 207 Å². The van der Waals surface area contributed by atoms with E-state index in [2.05, 4.69) is 201 Å². The van der Waals surface area contributed by atoms with Crippen LogP contribution in [0.2, 0.25) is 0 Å². The van der Waals surface area contributed by atoms with Crippen LogP contribution < -0.4 is 10.6 Å². The standard InChI is InChI=1S/C46H88N2P4/c1-39(2,3)49(40(4,5)6)29-35-25-33(26-36(47-35)30-50(41(7,8)9)42(10,11)12)34-27-37(31-51(43(13,14)15)44(16,17)18)48-38(28-34)32-52(45(19,20)21)46(22,23)24/h25-28,33-34,47-48H,29-32H2,1-24H3. The van der Waals surface area contributed by atoms with Gasteiger partial charge in [0.15, 0.2) is 0 Å². The van der Waals surface area contributed by atoms with E-state index in [1.807, 2.05) is 0 Å². The van der Waals surface area contributed by atoms with Crippen molar-refractivity contribution in [1.82, 2.24) is 10.6 Å². The molecular formula is C46H88N2P4. The Morgan fingerprint density at radius 2 is 0.442 bits per heavy atom. The topological polar surface area (TPSA) is 24.1 Å². The molecule has 2 heterocycles. The molecule has 0 aliphatic carbocycles. The second-order valence-corrected chi connectivity index (χ2v) is 39.3. The van der Waals surface area contributed by atoms with E-state index < -0.39 is 0 Å². The molecule has 0 fully saturated rings. The summed E-state index contributed by atoms with van der Waals surface area (Å²) in [5.41, 5.74) is 5.88. The van der Waals surface area contributed by atoms with Gasteiger partial charge in [-0.15, -0.1) is 0 Å². The third kappa shape index (κ3) is 14.3. The van der Waals surface area contributed by atoms with Crippen LogP contribution in [0.25, 0.3) is 0 Å². The fourth-order valence-corrected chi connectivity index (χ4v) is 23.0. The van der Waals surface area contributed by atoms with E-state index in [1.165, 1.54) is 22.8 Å². The molecule has 2 nitrogen and oxygen atoms in total. The lowest BCUT2D eigenvalue weighted by Crippen LogP contribution is -2.35. The van der Waals surface area contributed by atoms with E-state index in [4.69, 9.17) is 0 Å². The molecule has 0 amide bonds. The quantitative estimate of drug-likeness (QED) is 0.227. The second kappa shape index (κ2) is 16.6. The number of allylic oxidation sites excluding steroid dienone is 8. The van der Waals surface area contributed by atoms with Gasteiger partial charge >= 0.3 is 0 Å². The van der Waals surface area contributed by atoms with E-state index in [1.54, 1.807) is 0 Å². The molecule has 2 rings (SSSR count). The highest BCUT2D eigenvalue weighted by atomic mass is 31.1. The van der Waals surface area contributed by atoms with Gasteiger partial charge in [0.1, 0.15) is 0 Å². The molecule has 0 unspecified atom stereocenters. The minimum absolute atomic E-state index is 0.271. The molecule has 302 valence electrons. The Hall–Kier alpha value is 0.280. The average molecular weight is 793 g/mol. The first-order valence-corrected chi connectivity index (χ1v) is 26.4. The Labute approximate surface area is 331 Å². The fourth-order valence-electron chi connectivity index (χ4n) is 9.02. The Balaban J connectivity index is 2.85. The van der Waals surface area contributed by atoms with Gasteiger partial charge in [0.25, 0.3) is 0 Å². The highest BCUT2D eigenvalue weighted by Crippen LogP contribution is 2.64. The van der Waals surface area contributed by atoms with E-state index in [9.17, 15) is 0 Å². The molecule has 0 radical (unpaired) electrons. The van der Waals surface area contributed by atoms with Crippen LogP contribution in [0.3, 0.4) is 0 Å². The van der Waals surface area contributed by atoms with Crippen molar-refractivity contribution in [1.29, 1.82) is 0 Å². The number of dihydropyridines is 2. The van der Waals surface area contributed by atoms with Gasteiger partial charge in [0, 0.05) is 59.3 Å². The van der Waals surface area contributed by atoms with Gasteiger partial charge in [-0.3, -0.25) is 0 Å². The van der Waals surface area contributed by atoms with Gasteiger partial charge in [-0.05, 0) is 41.2 Å². The van der Waals surface area contributed by atoms with E-state index in [0.29, 0.717) is 11.8 Å². The maximum absolute atomic E-state index is 4.14. The lowest BCUT2D eigenvalue weighted by molar-refractivity contribution is 0.611. The summed E-state index contributed by atoms with van der Waals surface area (Å²) in [7, 11) is -1.08. The first-order chi connectivity index (χ1) is 22.8. The Kier molecular flexibility index (Phi) is 15.5. The number of nitrogens with one attached hydrogen (secondary N) is 2. The molecule has 0 aromatic rings. The van der Waals surface area contributed by atoms with E-state index in [0.717, 1.165) is 24.6 Å². The van der Waals surface area contributed by atoms with Gasteiger partial charge in [0.2, 0.25) is 0 Å².